The molecular weight excluding hydrogens is 302 g/mol. The molecule has 1 rings (SSSR count). The molecule has 1 aromatic carbocycles. The Kier molecular flexibility index (Phi) is 9.10. The lowest BCUT2D eigenvalue weighted by Crippen LogP contribution is -2.01. The van der Waals surface area contributed by atoms with Gasteiger partial charge >= 0.3 is 0 Å². The second-order valence-corrected chi connectivity index (χ2v) is 5.91. The SMILES string of the molecule is C=C/C=C(\C=C/C)CC(=C)Nc1ccc(/C(=C/C)CC=C)c(CC)c1. The van der Waals surface area contributed by atoms with E-state index in [-0.39, 0.29) is 0 Å². The molecule has 1 heteroatoms. The molecule has 0 aliphatic heterocycles. The lowest BCUT2D eigenvalue weighted by Gasteiger charge is -2.15. The van der Waals surface area contributed by atoms with Crippen LogP contribution in [-0.2, 0) is 6.42 Å². The monoisotopic (exact) mass is 333 g/mol. The minimum atomic E-state index is 0.774. The first-order valence-electron chi connectivity index (χ1n) is 8.88. The molecule has 0 aliphatic carbocycles. The molecule has 1 nitrogen and oxygen atoms in total. The molecule has 0 bridgehead atoms. The predicted octanol–water partition coefficient (Wildman–Crippen LogP) is 7.23. The van der Waals surface area contributed by atoms with Gasteiger partial charge in [0.15, 0.2) is 0 Å². The molecule has 0 amide bonds. The van der Waals surface area contributed by atoms with Gasteiger partial charge in [0.05, 0.1) is 0 Å². The highest BCUT2D eigenvalue weighted by molar-refractivity contribution is 5.71. The number of rotatable bonds is 10. The van der Waals surface area contributed by atoms with Crippen LogP contribution in [0.5, 0.6) is 0 Å². The van der Waals surface area contributed by atoms with E-state index in [1.165, 1.54) is 22.3 Å². The van der Waals surface area contributed by atoms with E-state index in [4.69, 9.17) is 0 Å². The van der Waals surface area contributed by atoms with Gasteiger partial charge in [0.1, 0.15) is 0 Å². The van der Waals surface area contributed by atoms with Gasteiger partial charge in [0.2, 0.25) is 0 Å². The normalized spacial score (nSPS) is 12.3. The maximum absolute atomic E-state index is 4.17. The quantitative estimate of drug-likeness (QED) is 0.352. The molecule has 0 heterocycles. The first kappa shape index (κ1) is 20.5. The second kappa shape index (κ2) is 11.1. The Labute approximate surface area is 153 Å². The van der Waals surface area contributed by atoms with Crippen LogP contribution in [0.4, 0.5) is 5.69 Å². The van der Waals surface area contributed by atoms with Crippen LogP contribution in [0.2, 0.25) is 0 Å². The van der Waals surface area contributed by atoms with Crippen molar-refractivity contribution in [3.63, 3.8) is 0 Å². The van der Waals surface area contributed by atoms with E-state index in [1.807, 2.05) is 31.2 Å². The first-order valence-corrected chi connectivity index (χ1v) is 8.88. The molecule has 132 valence electrons. The third-order valence-electron chi connectivity index (χ3n) is 4.00. The Morgan fingerprint density at radius 1 is 1.20 bits per heavy atom. The van der Waals surface area contributed by atoms with E-state index in [0.717, 1.165) is 30.6 Å². The summed E-state index contributed by atoms with van der Waals surface area (Å²) >= 11 is 0. The topological polar surface area (TPSA) is 12.0 Å². The smallest absolute Gasteiger partial charge is 0.0384 e. The predicted molar refractivity (Wildman–Crippen MR) is 115 cm³/mol. The summed E-state index contributed by atoms with van der Waals surface area (Å²) < 4.78 is 0. The second-order valence-electron chi connectivity index (χ2n) is 5.91. The molecule has 0 aromatic heterocycles. The van der Waals surface area contributed by atoms with Gasteiger partial charge in [-0.1, -0.05) is 62.6 Å². The number of allylic oxidation sites excluding steroid dienone is 8. The maximum Gasteiger partial charge on any atom is 0.0384 e. The molecule has 1 N–H and O–H groups in total. The summed E-state index contributed by atoms with van der Waals surface area (Å²) in [4.78, 5) is 0. The maximum atomic E-state index is 4.17. The Balaban J connectivity index is 2.97. The van der Waals surface area contributed by atoms with Crippen LogP contribution in [-0.4, -0.2) is 0 Å². The number of aryl methyl sites for hydroxylation is 1. The van der Waals surface area contributed by atoms with Crippen molar-refractivity contribution < 1.29 is 0 Å². The zero-order valence-corrected chi connectivity index (χ0v) is 15.9. The first-order chi connectivity index (χ1) is 12.1. The van der Waals surface area contributed by atoms with Crippen molar-refractivity contribution in [3.8, 4) is 0 Å². The standard InChI is InChI=1S/C24H31N/c1-7-12-20(13-8-2)17-19(6)25-23-15-16-24(22(11-5)18-23)21(10-4)14-9-3/h7-10,12-13,15-16,18,25H,1,3,6,11,14,17H2,2,4-5H3/b13-8-,20-12+,21-10+. The van der Waals surface area contributed by atoms with Crippen molar-refractivity contribution in [1.82, 2.24) is 0 Å². The van der Waals surface area contributed by atoms with Crippen LogP contribution < -0.4 is 5.32 Å². The van der Waals surface area contributed by atoms with Gasteiger partial charge in [0.25, 0.3) is 0 Å². The number of hydrogen-bond donors (Lipinski definition) is 1. The van der Waals surface area contributed by atoms with Crippen molar-refractivity contribution in [2.75, 3.05) is 5.32 Å². The zero-order valence-electron chi connectivity index (χ0n) is 15.9. The molecule has 0 saturated carbocycles. The van der Waals surface area contributed by atoms with Crippen LogP contribution in [0.15, 0.2) is 85.7 Å². The van der Waals surface area contributed by atoms with Crippen molar-refractivity contribution >= 4 is 11.3 Å². The molecule has 0 saturated heterocycles. The third-order valence-corrected chi connectivity index (χ3v) is 4.00. The van der Waals surface area contributed by atoms with E-state index in [9.17, 15) is 0 Å². The Hall–Kier alpha value is -2.54. The highest BCUT2D eigenvalue weighted by Gasteiger charge is 2.07. The largest absolute Gasteiger partial charge is 0.359 e. The Bertz CT molecular complexity index is 699. The van der Waals surface area contributed by atoms with Crippen molar-refractivity contribution in [3.05, 3.63) is 96.8 Å². The van der Waals surface area contributed by atoms with E-state index in [0.29, 0.717) is 0 Å². The fourth-order valence-electron chi connectivity index (χ4n) is 2.85. The van der Waals surface area contributed by atoms with Gasteiger partial charge in [-0.15, -0.1) is 6.58 Å². The summed E-state index contributed by atoms with van der Waals surface area (Å²) in [5.41, 5.74) is 7.20. The number of anilines is 1. The molecule has 0 radical (unpaired) electrons. The molecule has 0 aliphatic rings. The van der Waals surface area contributed by atoms with Crippen LogP contribution in [0.3, 0.4) is 0 Å². The minimum absolute atomic E-state index is 0.774. The third kappa shape index (κ3) is 6.46. The van der Waals surface area contributed by atoms with Gasteiger partial charge in [-0.05, 0) is 61.1 Å². The molecule has 0 fully saturated rings. The fraction of sp³-hybridized carbons (Fsp3) is 0.250. The summed E-state index contributed by atoms with van der Waals surface area (Å²) in [7, 11) is 0. The van der Waals surface area contributed by atoms with Gasteiger partial charge in [-0.25, -0.2) is 0 Å². The fourth-order valence-corrected chi connectivity index (χ4v) is 2.85. The number of benzene rings is 1. The summed E-state index contributed by atoms with van der Waals surface area (Å²) in [5, 5.41) is 3.44. The van der Waals surface area contributed by atoms with Crippen LogP contribution in [0, 0.1) is 0 Å². The average molecular weight is 334 g/mol. The van der Waals surface area contributed by atoms with Gasteiger partial charge < -0.3 is 5.32 Å². The van der Waals surface area contributed by atoms with E-state index < -0.39 is 0 Å². The number of nitrogens with one attached hydrogen (secondary N) is 1. The molecule has 0 unspecified atom stereocenters. The van der Waals surface area contributed by atoms with Gasteiger partial charge in [-0.2, -0.15) is 0 Å². The Morgan fingerprint density at radius 3 is 2.52 bits per heavy atom. The number of hydrogen-bond acceptors (Lipinski definition) is 1. The summed E-state index contributed by atoms with van der Waals surface area (Å²) in [6.45, 7) is 18.1. The van der Waals surface area contributed by atoms with Crippen molar-refractivity contribution in [2.45, 2.75) is 40.0 Å². The molecule has 0 spiro atoms. The average Bonchev–Trinajstić information content (AvgIpc) is 2.60. The summed E-state index contributed by atoms with van der Waals surface area (Å²) in [5.74, 6) is 0. The van der Waals surface area contributed by atoms with Crippen LogP contribution in [0.25, 0.3) is 5.57 Å². The highest BCUT2D eigenvalue weighted by Crippen LogP contribution is 2.27. The van der Waals surface area contributed by atoms with Crippen LogP contribution in [0.1, 0.15) is 44.7 Å². The van der Waals surface area contributed by atoms with Crippen LogP contribution >= 0.6 is 0 Å². The Morgan fingerprint density at radius 2 is 1.96 bits per heavy atom. The van der Waals surface area contributed by atoms with E-state index >= 15 is 0 Å². The molecule has 1 aromatic rings. The molecule has 0 atom stereocenters. The molecule has 25 heavy (non-hydrogen) atoms. The van der Waals surface area contributed by atoms with Crippen molar-refractivity contribution in [1.29, 1.82) is 0 Å². The van der Waals surface area contributed by atoms with E-state index in [2.05, 4.69) is 69.3 Å². The minimum Gasteiger partial charge on any atom is -0.359 e. The summed E-state index contributed by atoms with van der Waals surface area (Å²) in [6, 6.07) is 6.54. The van der Waals surface area contributed by atoms with Gasteiger partial charge in [0, 0.05) is 17.8 Å². The zero-order chi connectivity index (χ0) is 18.7. The van der Waals surface area contributed by atoms with Crippen molar-refractivity contribution in [2.24, 2.45) is 0 Å². The summed E-state index contributed by atoms with van der Waals surface area (Å²) in [6.07, 6.45) is 14.7. The van der Waals surface area contributed by atoms with Gasteiger partial charge in [-0.3, -0.25) is 0 Å². The molecular formula is C24H31N. The highest BCUT2D eigenvalue weighted by atomic mass is 14.9. The van der Waals surface area contributed by atoms with E-state index in [1.54, 1.807) is 0 Å². The lowest BCUT2D eigenvalue weighted by molar-refractivity contribution is 1.11. The lowest BCUT2D eigenvalue weighted by atomic mass is 9.95.